The normalized spacial score (nSPS) is 23.2. The van der Waals surface area contributed by atoms with Gasteiger partial charge in [0.25, 0.3) is 0 Å². The molecule has 1 atom stereocenters. The molecule has 90 valence electrons. The van der Waals surface area contributed by atoms with Crippen molar-refractivity contribution < 1.29 is 4.74 Å². The molecule has 0 spiro atoms. The number of hydrogen-bond donors (Lipinski definition) is 1. The van der Waals surface area contributed by atoms with Crippen LogP contribution in [0.3, 0.4) is 0 Å². The third-order valence-electron chi connectivity index (χ3n) is 3.00. The van der Waals surface area contributed by atoms with Crippen LogP contribution < -0.4 is 5.32 Å². The lowest BCUT2D eigenvalue weighted by Gasteiger charge is -2.32. The van der Waals surface area contributed by atoms with E-state index in [2.05, 4.69) is 24.1 Å². The van der Waals surface area contributed by atoms with Gasteiger partial charge in [0.15, 0.2) is 0 Å². The second kappa shape index (κ2) is 8.08. The van der Waals surface area contributed by atoms with E-state index in [1.807, 2.05) is 0 Å². The van der Waals surface area contributed by atoms with Crippen LogP contribution in [0.15, 0.2) is 0 Å². The Balaban J connectivity index is 2.00. The first-order chi connectivity index (χ1) is 7.36. The number of rotatable bonds is 7. The van der Waals surface area contributed by atoms with Gasteiger partial charge in [0.2, 0.25) is 0 Å². The molecular weight excluding hydrogens is 188 g/mol. The fourth-order valence-corrected chi connectivity index (χ4v) is 1.95. The van der Waals surface area contributed by atoms with Crippen LogP contribution in [0.25, 0.3) is 0 Å². The molecule has 0 aromatic heterocycles. The monoisotopic (exact) mass is 214 g/mol. The molecule has 0 radical (unpaired) electrons. The Hall–Kier alpha value is -0.120. The van der Waals surface area contributed by atoms with E-state index in [4.69, 9.17) is 4.74 Å². The van der Waals surface area contributed by atoms with Crippen molar-refractivity contribution in [2.45, 2.75) is 39.2 Å². The summed E-state index contributed by atoms with van der Waals surface area (Å²) in [6.45, 7) is 10.9. The van der Waals surface area contributed by atoms with Gasteiger partial charge < -0.3 is 10.1 Å². The average Bonchev–Trinajstić information content (AvgIpc) is 2.29. The summed E-state index contributed by atoms with van der Waals surface area (Å²) in [5.41, 5.74) is 0. The van der Waals surface area contributed by atoms with Gasteiger partial charge in [-0.3, -0.25) is 4.90 Å². The van der Waals surface area contributed by atoms with E-state index in [1.165, 1.54) is 19.3 Å². The molecule has 1 aliphatic heterocycles. The van der Waals surface area contributed by atoms with E-state index in [9.17, 15) is 0 Å². The number of nitrogens with zero attached hydrogens (tertiary/aromatic N) is 1. The zero-order chi connectivity index (χ0) is 10.9. The molecule has 1 saturated heterocycles. The molecule has 1 fully saturated rings. The smallest absolute Gasteiger partial charge is 0.0826 e. The third-order valence-corrected chi connectivity index (χ3v) is 3.00. The first-order valence-electron chi connectivity index (χ1n) is 6.41. The number of morpholine rings is 1. The summed E-state index contributed by atoms with van der Waals surface area (Å²) in [6, 6.07) is 0. The Morgan fingerprint density at radius 3 is 2.93 bits per heavy atom. The van der Waals surface area contributed by atoms with Gasteiger partial charge in [-0.15, -0.1) is 0 Å². The molecule has 0 aromatic carbocycles. The predicted octanol–water partition coefficient (Wildman–Crippen LogP) is 1.49. The van der Waals surface area contributed by atoms with Crippen LogP contribution in [0.2, 0.25) is 0 Å². The van der Waals surface area contributed by atoms with Gasteiger partial charge in [-0.05, 0) is 19.5 Å². The summed E-state index contributed by atoms with van der Waals surface area (Å²) in [7, 11) is 0. The average molecular weight is 214 g/mol. The standard InChI is InChI=1S/C12H26N2O/c1-3-5-6-7-13-10-12-11-14(4-2)8-9-15-12/h12-13H,3-11H2,1-2H3. The zero-order valence-corrected chi connectivity index (χ0v) is 10.3. The molecule has 3 heteroatoms. The molecule has 0 aromatic rings. The highest BCUT2D eigenvalue weighted by molar-refractivity contribution is 4.72. The van der Waals surface area contributed by atoms with Crippen LogP contribution in [0.1, 0.15) is 33.1 Å². The first kappa shape index (κ1) is 12.9. The minimum Gasteiger partial charge on any atom is -0.374 e. The minimum atomic E-state index is 0.403. The second-order valence-electron chi connectivity index (χ2n) is 4.30. The summed E-state index contributed by atoms with van der Waals surface area (Å²) in [5.74, 6) is 0. The van der Waals surface area contributed by atoms with Gasteiger partial charge >= 0.3 is 0 Å². The summed E-state index contributed by atoms with van der Waals surface area (Å²) < 4.78 is 5.71. The lowest BCUT2D eigenvalue weighted by molar-refractivity contribution is -0.0251. The summed E-state index contributed by atoms with van der Waals surface area (Å²) in [5, 5.41) is 3.48. The van der Waals surface area contributed by atoms with Gasteiger partial charge in [0.05, 0.1) is 12.7 Å². The van der Waals surface area contributed by atoms with Gasteiger partial charge in [-0.25, -0.2) is 0 Å². The van der Waals surface area contributed by atoms with E-state index in [-0.39, 0.29) is 0 Å². The maximum Gasteiger partial charge on any atom is 0.0826 e. The lowest BCUT2D eigenvalue weighted by Crippen LogP contribution is -2.46. The molecule has 1 unspecified atom stereocenters. The molecule has 0 bridgehead atoms. The summed E-state index contributed by atoms with van der Waals surface area (Å²) in [4.78, 5) is 2.46. The van der Waals surface area contributed by atoms with Crippen LogP contribution in [0.4, 0.5) is 0 Å². The highest BCUT2D eigenvalue weighted by Gasteiger charge is 2.18. The zero-order valence-electron chi connectivity index (χ0n) is 10.3. The summed E-state index contributed by atoms with van der Waals surface area (Å²) >= 11 is 0. The molecule has 1 aliphatic rings. The lowest BCUT2D eigenvalue weighted by atomic mass is 10.2. The fraction of sp³-hybridized carbons (Fsp3) is 1.00. The van der Waals surface area contributed by atoms with Crippen LogP contribution in [0.5, 0.6) is 0 Å². The van der Waals surface area contributed by atoms with Crippen molar-refractivity contribution in [1.82, 2.24) is 10.2 Å². The molecule has 0 saturated carbocycles. The van der Waals surface area contributed by atoms with Crippen molar-refractivity contribution in [3.63, 3.8) is 0 Å². The minimum absolute atomic E-state index is 0.403. The molecule has 1 N–H and O–H groups in total. The van der Waals surface area contributed by atoms with Crippen molar-refractivity contribution in [2.24, 2.45) is 0 Å². The third kappa shape index (κ3) is 5.50. The number of nitrogens with one attached hydrogen (secondary N) is 1. The summed E-state index contributed by atoms with van der Waals surface area (Å²) in [6.07, 6.45) is 4.33. The van der Waals surface area contributed by atoms with Crippen molar-refractivity contribution >= 4 is 0 Å². The van der Waals surface area contributed by atoms with Crippen molar-refractivity contribution in [3.8, 4) is 0 Å². The van der Waals surface area contributed by atoms with E-state index in [1.54, 1.807) is 0 Å². The van der Waals surface area contributed by atoms with Crippen LogP contribution in [0, 0.1) is 0 Å². The van der Waals surface area contributed by atoms with Crippen LogP contribution in [-0.4, -0.2) is 50.3 Å². The number of hydrogen-bond acceptors (Lipinski definition) is 3. The van der Waals surface area contributed by atoms with Crippen LogP contribution >= 0.6 is 0 Å². The molecule has 3 nitrogen and oxygen atoms in total. The maximum atomic E-state index is 5.71. The molecule has 1 heterocycles. The number of likely N-dealkylation sites (N-methyl/N-ethyl adjacent to an activating group) is 1. The number of ether oxygens (including phenoxy) is 1. The Labute approximate surface area is 94.2 Å². The first-order valence-corrected chi connectivity index (χ1v) is 6.41. The molecule has 15 heavy (non-hydrogen) atoms. The Morgan fingerprint density at radius 2 is 2.20 bits per heavy atom. The molecule has 0 aliphatic carbocycles. The number of unbranched alkanes of at least 4 members (excludes halogenated alkanes) is 2. The van der Waals surface area contributed by atoms with Crippen molar-refractivity contribution in [3.05, 3.63) is 0 Å². The molecule has 0 amide bonds. The van der Waals surface area contributed by atoms with Gasteiger partial charge in [0, 0.05) is 19.6 Å². The molecule has 1 rings (SSSR count). The SMILES string of the molecule is CCCCCNCC1CN(CC)CCO1. The van der Waals surface area contributed by atoms with Crippen molar-refractivity contribution in [1.29, 1.82) is 0 Å². The van der Waals surface area contributed by atoms with E-state index < -0.39 is 0 Å². The van der Waals surface area contributed by atoms with Crippen molar-refractivity contribution in [2.75, 3.05) is 39.3 Å². The van der Waals surface area contributed by atoms with Gasteiger partial charge in [-0.1, -0.05) is 26.7 Å². The van der Waals surface area contributed by atoms with E-state index in [0.29, 0.717) is 6.10 Å². The van der Waals surface area contributed by atoms with Crippen LogP contribution in [-0.2, 0) is 4.74 Å². The highest BCUT2D eigenvalue weighted by atomic mass is 16.5. The Morgan fingerprint density at radius 1 is 1.33 bits per heavy atom. The molecular formula is C12H26N2O. The highest BCUT2D eigenvalue weighted by Crippen LogP contribution is 2.03. The predicted molar refractivity (Wildman–Crippen MR) is 64.2 cm³/mol. The second-order valence-corrected chi connectivity index (χ2v) is 4.30. The van der Waals surface area contributed by atoms with E-state index in [0.717, 1.165) is 39.3 Å². The van der Waals surface area contributed by atoms with Gasteiger partial charge in [-0.2, -0.15) is 0 Å². The Bertz CT molecular complexity index is 153. The quantitative estimate of drug-likeness (QED) is 0.650. The fourth-order valence-electron chi connectivity index (χ4n) is 1.95. The Kier molecular flexibility index (Phi) is 6.98. The van der Waals surface area contributed by atoms with E-state index >= 15 is 0 Å². The topological polar surface area (TPSA) is 24.5 Å². The maximum absolute atomic E-state index is 5.71. The largest absolute Gasteiger partial charge is 0.374 e. The van der Waals surface area contributed by atoms with Gasteiger partial charge in [0.1, 0.15) is 0 Å².